The number of anilines is 1. The van der Waals surface area contributed by atoms with Crippen LogP contribution in [0.4, 0.5) is 5.69 Å². The Morgan fingerprint density at radius 3 is 2.72 bits per heavy atom. The molecular weight excluding hydrogens is 226 g/mol. The molecule has 0 aromatic carbocycles. The van der Waals surface area contributed by atoms with Gasteiger partial charge >= 0.3 is 0 Å². The molecule has 1 aliphatic heterocycles. The monoisotopic (exact) mass is 249 g/mol. The summed E-state index contributed by atoms with van der Waals surface area (Å²) in [5, 5.41) is 0. The lowest BCUT2D eigenvalue weighted by molar-refractivity contribution is 0.188. The Morgan fingerprint density at radius 2 is 2.00 bits per heavy atom. The first-order valence-electron chi connectivity index (χ1n) is 6.83. The molecule has 0 atom stereocenters. The minimum atomic E-state index is 0.0384. The third-order valence-corrected chi connectivity index (χ3v) is 3.76. The molecule has 1 aliphatic rings. The van der Waals surface area contributed by atoms with Gasteiger partial charge in [-0.25, -0.2) is 0 Å². The number of aromatic nitrogens is 1. The summed E-state index contributed by atoms with van der Waals surface area (Å²) in [4.78, 5) is 14.1. The lowest BCUT2D eigenvalue weighted by Crippen LogP contribution is -2.34. The Hall–Kier alpha value is -1.29. The second-order valence-corrected chi connectivity index (χ2v) is 5.37. The Morgan fingerprint density at radius 1 is 1.28 bits per heavy atom. The first-order valence-corrected chi connectivity index (χ1v) is 6.83. The summed E-state index contributed by atoms with van der Waals surface area (Å²) < 4.78 is 1.71. The maximum atomic E-state index is 11.6. The van der Waals surface area contributed by atoms with Crippen LogP contribution in [0.25, 0.3) is 0 Å². The normalized spacial score (nSPS) is 18.1. The molecule has 4 heteroatoms. The van der Waals surface area contributed by atoms with Gasteiger partial charge in [0, 0.05) is 24.5 Å². The van der Waals surface area contributed by atoms with Gasteiger partial charge in [-0.2, -0.15) is 0 Å². The van der Waals surface area contributed by atoms with Gasteiger partial charge in [0.1, 0.15) is 0 Å². The zero-order valence-corrected chi connectivity index (χ0v) is 11.1. The van der Waals surface area contributed by atoms with E-state index in [-0.39, 0.29) is 5.56 Å². The highest BCUT2D eigenvalue weighted by Gasteiger charge is 2.14. The number of pyridine rings is 1. The van der Waals surface area contributed by atoms with Crippen molar-refractivity contribution in [2.45, 2.75) is 32.7 Å². The first kappa shape index (κ1) is 13.1. The highest BCUT2D eigenvalue weighted by molar-refractivity contribution is 5.33. The Kier molecular flexibility index (Phi) is 4.42. The summed E-state index contributed by atoms with van der Waals surface area (Å²) in [6.07, 6.45) is 5.36. The number of nitrogens with zero attached hydrogens (tertiary/aromatic N) is 2. The molecule has 1 fully saturated rings. The molecule has 0 radical (unpaired) electrons. The molecule has 1 aromatic rings. The Labute approximate surface area is 108 Å². The summed E-state index contributed by atoms with van der Waals surface area (Å²) in [6.45, 7) is 6.56. The highest BCUT2D eigenvalue weighted by Crippen LogP contribution is 2.15. The van der Waals surface area contributed by atoms with Gasteiger partial charge in [0.05, 0.1) is 0 Å². The molecule has 0 spiro atoms. The maximum Gasteiger partial charge on any atom is 0.250 e. The fraction of sp³-hybridized carbons (Fsp3) is 0.643. The molecule has 2 N–H and O–H groups in total. The molecular formula is C14H23N3O. The van der Waals surface area contributed by atoms with Crippen molar-refractivity contribution in [2.24, 2.45) is 5.92 Å². The number of hydrogen-bond acceptors (Lipinski definition) is 3. The van der Waals surface area contributed by atoms with Crippen molar-refractivity contribution in [1.29, 1.82) is 0 Å². The number of nitrogens with two attached hydrogens (primary N) is 1. The van der Waals surface area contributed by atoms with Crippen LogP contribution >= 0.6 is 0 Å². The molecule has 1 saturated heterocycles. The average molecular weight is 249 g/mol. The third-order valence-electron chi connectivity index (χ3n) is 3.76. The molecule has 0 amide bonds. The van der Waals surface area contributed by atoms with Gasteiger partial charge in [-0.05, 0) is 50.9 Å². The largest absolute Gasteiger partial charge is 0.398 e. The van der Waals surface area contributed by atoms with E-state index in [1.165, 1.54) is 32.0 Å². The second-order valence-electron chi connectivity index (χ2n) is 5.37. The van der Waals surface area contributed by atoms with Gasteiger partial charge in [0.15, 0.2) is 0 Å². The predicted molar refractivity (Wildman–Crippen MR) is 74.6 cm³/mol. The molecule has 100 valence electrons. The number of hydrogen-bond donors (Lipinski definition) is 1. The van der Waals surface area contributed by atoms with Gasteiger partial charge in [-0.1, -0.05) is 6.92 Å². The molecule has 0 aliphatic carbocycles. The number of nitrogen functional groups attached to an aromatic ring is 1. The van der Waals surface area contributed by atoms with Crippen molar-refractivity contribution in [2.75, 3.05) is 25.4 Å². The van der Waals surface area contributed by atoms with E-state index in [0.717, 1.165) is 25.4 Å². The van der Waals surface area contributed by atoms with Crippen molar-refractivity contribution in [3.8, 4) is 0 Å². The van der Waals surface area contributed by atoms with Crippen LogP contribution in [-0.2, 0) is 6.54 Å². The van der Waals surface area contributed by atoms with E-state index in [9.17, 15) is 4.79 Å². The van der Waals surface area contributed by atoms with E-state index >= 15 is 0 Å². The third kappa shape index (κ3) is 3.60. The minimum Gasteiger partial charge on any atom is -0.398 e. The summed E-state index contributed by atoms with van der Waals surface area (Å²) in [5.41, 5.74) is 6.38. The summed E-state index contributed by atoms with van der Waals surface area (Å²) in [5.74, 6) is 0.873. The van der Waals surface area contributed by atoms with Crippen molar-refractivity contribution in [3.05, 3.63) is 28.7 Å². The van der Waals surface area contributed by atoms with Crippen LogP contribution in [0.2, 0.25) is 0 Å². The van der Waals surface area contributed by atoms with Crippen molar-refractivity contribution >= 4 is 5.69 Å². The lowest BCUT2D eigenvalue weighted by atomic mass is 9.99. The molecule has 18 heavy (non-hydrogen) atoms. The second kappa shape index (κ2) is 6.05. The highest BCUT2D eigenvalue weighted by atomic mass is 16.1. The number of likely N-dealkylation sites (tertiary alicyclic amines) is 1. The van der Waals surface area contributed by atoms with Crippen LogP contribution in [0.5, 0.6) is 0 Å². The molecule has 2 heterocycles. The zero-order chi connectivity index (χ0) is 13.0. The van der Waals surface area contributed by atoms with Crippen LogP contribution in [-0.4, -0.2) is 29.1 Å². The van der Waals surface area contributed by atoms with E-state index in [0.29, 0.717) is 5.69 Å². The molecule has 0 saturated carbocycles. The molecule has 0 bridgehead atoms. The van der Waals surface area contributed by atoms with E-state index in [1.54, 1.807) is 16.8 Å². The molecule has 0 unspecified atom stereocenters. The van der Waals surface area contributed by atoms with Gasteiger partial charge in [0.2, 0.25) is 0 Å². The molecule has 2 rings (SSSR count). The van der Waals surface area contributed by atoms with E-state index in [1.807, 2.05) is 0 Å². The summed E-state index contributed by atoms with van der Waals surface area (Å²) in [6, 6.07) is 3.20. The zero-order valence-electron chi connectivity index (χ0n) is 11.1. The fourth-order valence-corrected chi connectivity index (χ4v) is 2.47. The minimum absolute atomic E-state index is 0.0384. The van der Waals surface area contributed by atoms with E-state index in [4.69, 9.17) is 5.73 Å². The van der Waals surface area contributed by atoms with Crippen LogP contribution in [0.15, 0.2) is 23.1 Å². The van der Waals surface area contributed by atoms with E-state index in [2.05, 4.69) is 11.8 Å². The Bertz CT molecular complexity index is 433. The van der Waals surface area contributed by atoms with Crippen LogP contribution in [0.3, 0.4) is 0 Å². The Balaban J connectivity index is 1.78. The fourth-order valence-electron chi connectivity index (χ4n) is 2.47. The van der Waals surface area contributed by atoms with Crippen LogP contribution in [0, 0.1) is 5.92 Å². The smallest absolute Gasteiger partial charge is 0.250 e. The topological polar surface area (TPSA) is 51.3 Å². The quantitative estimate of drug-likeness (QED) is 0.881. The van der Waals surface area contributed by atoms with E-state index < -0.39 is 0 Å². The number of piperidine rings is 1. The number of rotatable bonds is 4. The van der Waals surface area contributed by atoms with Gasteiger partial charge < -0.3 is 15.2 Å². The lowest BCUT2D eigenvalue weighted by Gasteiger charge is -2.30. The van der Waals surface area contributed by atoms with Crippen LogP contribution < -0.4 is 11.3 Å². The van der Waals surface area contributed by atoms with Gasteiger partial charge in [-0.15, -0.1) is 0 Å². The number of aryl methyl sites for hydroxylation is 1. The van der Waals surface area contributed by atoms with Crippen molar-refractivity contribution in [3.63, 3.8) is 0 Å². The van der Waals surface area contributed by atoms with Crippen LogP contribution in [0.1, 0.15) is 26.2 Å². The van der Waals surface area contributed by atoms with Gasteiger partial charge in [0.25, 0.3) is 5.56 Å². The maximum absolute atomic E-state index is 11.6. The molecule has 1 aromatic heterocycles. The summed E-state index contributed by atoms with van der Waals surface area (Å²) >= 11 is 0. The first-order chi connectivity index (χ1) is 8.65. The molecule has 4 nitrogen and oxygen atoms in total. The summed E-state index contributed by atoms with van der Waals surface area (Å²) in [7, 11) is 0. The van der Waals surface area contributed by atoms with Gasteiger partial charge in [-0.3, -0.25) is 4.79 Å². The average Bonchev–Trinajstić information content (AvgIpc) is 2.36. The predicted octanol–water partition coefficient (Wildman–Crippen LogP) is 1.55. The van der Waals surface area contributed by atoms with Crippen molar-refractivity contribution in [1.82, 2.24) is 9.47 Å². The SMILES string of the molecule is CC1CCN(CCCn2cc(N)ccc2=O)CC1. The standard InChI is InChI=1S/C14H23N3O/c1-12-5-9-16(10-6-12)7-2-8-17-11-13(15)3-4-14(17)18/h3-4,11-12H,2,5-10,15H2,1H3. The van der Waals surface area contributed by atoms with Crippen molar-refractivity contribution < 1.29 is 0 Å².